The zero-order valence-electron chi connectivity index (χ0n) is 8.96. The summed E-state index contributed by atoms with van der Waals surface area (Å²) in [4.78, 5) is 10.8. The fourth-order valence-corrected chi connectivity index (χ4v) is 1.42. The van der Waals surface area contributed by atoms with E-state index in [2.05, 4.69) is 6.07 Å². The van der Waals surface area contributed by atoms with Crippen LogP contribution >= 0.6 is 0 Å². The second kappa shape index (κ2) is 4.80. The van der Waals surface area contributed by atoms with Crippen LogP contribution in [0.4, 0.5) is 0 Å². The number of hydrogen-bond acceptors (Lipinski definition) is 2. The van der Waals surface area contributed by atoms with Crippen molar-refractivity contribution in [1.82, 2.24) is 0 Å². The number of aryl methyl sites for hydroxylation is 2. The Hall–Kier alpha value is -1.31. The van der Waals surface area contributed by atoms with E-state index in [4.69, 9.17) is 4.74 Å². The molecule has 0 atom stereocenters. The van der Waals surface area contributed by atoms with Gasteiger partial charge in [0.05, 0.1) is 7.11 Å². The number of methoxy groups -OCH3 is 1. The predicted molar refractivity (Wildman–Crippen MR) is 56.7 cm³/mol. The smallest absolute Gasteiger partial charge is 0.130 e. The fourth-order valence-electron chi connectivity index (χ4n) is 1.42. The lowest BCUT2D eigenvalue weighted by Gasteiger charge is -2.06. The number of carbonyl (C=O) groups excluding carboxylic acids is 1. The van der Waals surface area contributed by atoms with Gasteiger partial charge in [0.2, 0.25) is 0 Å². The molecule has 0 aliphatic carbocycles. The highest BCUT2D eigenvalue weighted by atomic mass is 16.5. The van der Waals surface area contributed by atoms with Crippen LogP contribution in [0.3, 0.4) is 0 Å². The number of benzene rings is 1. The number of ketones is 1. The molecule has 0 amide bonds. The van der Waals surface area contributed by atoms with Gasteiger partial charge in [-0.15, -0.1) is 0 Å². The Morgan fingerprint density at radius 3 is 2.64 bits per heavy atom. The molecule has 0 unspecified atom stereocenters. The minimum absolute atomic E-state index is 0.235. The fraction of sp³-hybridized carbons (Fsp3) is 0.417. The van der Waals surface area contributed by atoms with Crippen LogP contribution in [0.2, 0.25) is 0 Å². The Kier molecular flexibility index (Phi) is 3.69. The summed E-state index contributed by atoms with van der Waals surface area (Å²) >= 11 is 0. The zero-order chi connectivity index (χ0) is 10.6. The van der Waals surface area contributed by atoms with Gasteiger partial charge in [-0.2, -0.15) is 0 Å². The van der Waals surface area contributed by atoms with E-state index in [9.17, 15) is 4.79 Å². The van der Waals surface area contributed by atoms with E-state index in [-0.39, 0.29) is 5.78 Å². The molecule has 76 valence electrons. The molecule has 2 heteroatoms. The number of hydrogen-bond donors (Lipinski definition) is 0. The molecular formula is C12H16O2. The van der Waals surface area contributed by atoms with Crippen molar-refractivity contribution in [3.8, 4) is 5.75 Å². The van der Waals surface area contributed by atoms with Crippen LogP contribution in [-0.2, 0) is 11.2 Å². The predicted octanol–water partition coefficient (Wildman–Crippen LogP) is 2.53. The Labute approximate surface area is 84.9 Å². The maximum absolute atomic E-state index is 10.8. The van der Waals surface area contributed by atoms with Crippen molar-refractivity contribution < 1.29 is 9.53 Å². The van der Waals surface area contributed by atoms with Gasteiger partial charge in [-0.3, -0.25) is 0 Å². The summed E-state index contributed by atoms with van der Waals surface area (Å²) in [5, 5.41) is 0. The molecular weight excluding hydrogens is 176 g/mol. The molecule has 0 bridgehead atoms. The Bertz CT molecular complexity index is 329. The minimum atomic E-state index is 0.235. The van der Waals surface area contributed by atoms with Crippen LogP contribution in [-0.4, -0.2) is 12.9 Å². The quantitative estimate of drug-likeness (QED) is 0.732. The first-order valence-electron chi connectivity index (χ1n) is 4.76. The van der Waals surface area contributed by atoms with Crippen LogP contribution < -0.4 is 4.74 Å². The van der Waals surface area contributed by atoms with E-state index in [1.165, 1.54) is 5.56 Å². The SMILES string of the molecule is COc1ccc(CCC(C)=O)cc1C. The molecule has 0 saturated carbocycles. The topological polar surface area (TPSA) is 26.3 Å². The first-order chi connectivity index (χ1) is 6.63. The first kappa shape index (κ1) is 10.8. The van der Waals surface area contributed by atoms with Gasteiger partial charge in [-0.25, -0.2) is 0 Å². The van der Waals surface area contributed by atoms with Crippen molar-refractivity contribution in [1.29, 1.82) is 0 Å². The van der Waals surface area contributed by atoms with Crippen LogP contribution in [0.15, 0.2) is 18.2 Å². The molecule has 2 nitrogen and oxygen atoms in total. The summed E-state index contributed by atoms with van der Waals surface area (Å²) in [6.45, 7) is 3.63. The third-order valence-electron chi connectivity index (χ3n) is 2.22. The maximum atomic E-state index is 10.8. The average Bonchev–Trinajstić information content (AvgIpc) is 2.15. The van der Waals surface area contributed by atoms with Crippen LogP contribution in [0.1, 0.15) is 24.5 Å². The van der Waals surface area contributed by atoms with Gasteiger partial charge in [0.1, 0.15) is 11.5 Å². The van der Waals surface area contributed by atoms with Crippen LogP contribution in [0, 0.1) is 6.92 Å². The van der Waals surface area contributed by atoms with Gasteiger partial charge in [-0.05, 0) is 37.5 Å². The Morgan fingerprint density at radius 1 is 1.43 bits per heavy atom. The Balaban J connectivity index is 2.71. The third kappa shape index (κ3) is 2.87. The number of carbonyl (C=O) groups is 1. The van der Waals surface area contributed by atoms with Crippen molar-refractivity contribution in [2.24, 2.45) is 0 Å². The second-order valence-electron chi connectivity index (χ2n) is 3.51. The van der Waals surface area contributed by atoms with Crippen molar-refractivity contribution in [2.45, 2.75) is 26.7 Å². The summed E-state index contributed by atoms with van der Waals surface area (Å²) in [5.41, 5.74) is 2.31. The maximum Gasteiger partial charge on any atom is 0.130 e. The largest absolute Gasteiger partial charge is 0.496 e. The van der Waals surface area contributed by atoms with Gasteiger partial charge < -0.3 is 9.53 Å². The molecule has 1 aromatic rings. The second-order valence-corrected chi connectivity index (χ2v) is 3.51. The van der Waals surface area contributed by atoms with E-state index >= 15 is 0 Å². The number of ether oxygens (including phenoxy) is 1. The number of Topliss-reactive ketones (excluding diaryl/α,β-unsaturated/α-hetero) is 1. The monoisotopic (exact) mass is 192 g/mol. The van der Waals surface area contributed by atoms with E-state index in [1.807, 2.05) is 19.1 Å². The lowest BCUT2D eigenvalue weighted by Crippen LogP contribution is -1.95. The van der Waals surface area contributed by atoms with Crippen molar-refractivity contribution in [2.75, 3.05) is 7.11 Å². The van der Waals surface area contributed by atoms with Crippen molar-refractivity contribution in [3.05, 3.63) is 29.3 Å². The average molecular weight is 192 g/mol. The summed E-state index contributed by atoms with van der Waals surface area (Å²) in [7, 11) is 1.66. The minimum Gasteiger partial charge on any atom is -0.496 e. The van der Waals surface area contributed by atoms with E-state index < -0.39 is 0 Å². The van der Waals surface area contributed by atoms with Gasteiger partial charge >= 0.3 is 0 Å². The van der Waals surface area contributed by atoms with E-state index in [0.29, 0.717) is 6.42 Å². The lowest BCUT2D eigenvalue weighted by atomic mass is 10.1. The highest BCUT2D eigenvalue weighted by Crippen LogP contribution is 2.19. The highest BCUT2D eigenvalue weighted by molar-refractivity contribution is 5.75. The van der Waals surface area contributed by atoms with Crippen molar-refractivity contribution >= 4 is 5.78 Å². The third-order valence-corrected chi connectivity index (χ3v) is 2.22. The first-order valence-corrected chi connectivity index (χ1v) is 4.76. The van der Waals surface area contributed by atoms with E-state index in [1.54, 1.807) is 14.0 Å². The lowest BCUT2D eigenvalue weighted by molar-refractivity contribution is -0.116. The van der Waals surface area contributed by atoms with Gasteiger partial charge in [0, 0.05) is 6.42 Å². The zero-order valence-corrected chi connectivity index (χ0v) is 8.96. The van der Waals surface area contributed by atoms with Gasteiger partial charge in [0.25, 0.3) is 0 Å². The summed E-state index contributed by atoms with van der Waals surface area (Å²) in [6, 6.07) is 6.03. The molecule has 14 heavy (non-hydrogen) atoms. The molecule has 0 saturated heterocycles. The Morgan fingerprint density at radius 2 is 2.14 bits per heavy atom. The molecule has 0 aliphatic rings. The summed E-state index contributed by atoms with van der Waals surface area (Å²) < 4.78 is 5.16. The number of rotatable bonds is 4. The molecule has 0 spiro atoms. The molecule has 0 N–H and O–H groups in total. The standard InChI is InChI=1S/C12H16O2/c1-9-8-11(5-4-10(2)13)6-7-12(9)14-3/h6-8H,4-5H2,1-3H3. The molecule has 0 aromatic heterocycles. The molecule has 0 fully saturated rings. The molecule has 0 aliphatic heterocycles. The van der Waals surface area contributed by atoms with E-state index in [0.717, 1.165) is 17.7 Å². The van der Waals surface area contributed by atoms with Crippen LogP contribution in [0.5, 0.6) is 5.75 Å². The molecule has 0 radical (unpaired) electrons. The summed E-state index contributed by atoms with van der Waals surface area (Å²) in [5.74, 6) is 1.13. The normalized spacial score (nSPS) is 9.93. The van der Waals surface area contributed by atoms with Gasteiger partial charge in [0.15, 0.2) is 0 Å². The molecule has 0 heterocycles. The molecule has 1 rings (SSSR count). The highest BCUT2D eigenvalue weighted by Gasteiger charge is 2.01. The van der Waals surface area contributed by atoms with Crippen LogP contribution in [0.25, 0.3) is 0 Å². The van der Waals surface area contributed by atoms with Gasteiger partial charge in [-0.1, -0.05) is 12.1 Å². The summed E-state index contributed by atoms with van der Waals surface area (Å²) in [6.07, 6.45) is 1.44. The molecule has 1 aromatic carbocycles. The van der Waals surface area contributed by atoms with Crippen molar-refractivity contribution in [3.63, 3.8) is 0 Å².